The van der Waals surface area contributed by atoms with Crippen LogP contribution >= 0.6 is 15.6 Å². The molecule has 0 heterocycles. The van der Waals surface area contributed by atoms with Gasteiger partial charge in [-0.2, -0.15) is 0 Å². The van der Waals surface area contributed by atoms with Crippen molar-refractivity contribution in [1.82, 2.24) is 0 Å². The molecule has 0 aromatic rings. The maximum Gasteiger partial charge on any atom is 0.472 e. The van der Waals surface area contributed by atoms with Crippen LogP contribution in [0, 0.1) is 11.8 Å². The molecular weight excluding hydrogens is 1250 g/mol. The average molecular weight is 1400 g/mol. The van der Waals surface area contributed by atoms with Gasteiger partial charge >= 0.3 is 39.5 Å². The van der Waals surface area contributed by atoms with Crippen molar-refractivity contribution in [2.45, 2.75) is 413 Å². The van der Waals surface area contributed by atoms with E-state index in [0.29, 0.717) is 25.7 Å². The minimum Gasteiger partial charge on any atom is -0.462 e. The highest BCUT2D eigenvalue weighted by Crippen LogP contribution is 2.45. The third kappa shape index (κ3) is 69.0. The second-order valence-corrected chi connectivity index (χ2v) is 31.0. The van der Waals surface area contributed by atoms with Crippen molar-refractivity contribution in [3.8, 4) is 0 Å². The summed E-state index contributed by atoms with van der Waals surface area (Å²) < 4.78 is 68.4. The number of ether oxygens (including phenoxy) is 4. The van der Waals surface area contributed by atoms with E-state index in [9.17, 15) is 43.2 Å². The molecule has 3 unspecified atom stereocenters. The van der Waals surface area contributed by atoms with E-state index < -0.39 is 97.5 Å². The van der Waals surface area contributed by atoms with Crippen LogP contribution in [0.3, 0.4) is 0 Å². The molecule has 0 saturated heterocycles. The van der Waals surface area contributed by atoms with Crippen LogP contribution in [0.15, 0.2) is 0 Å². The highest BCUT2D eigenvalue weighted by molar-refractivity contribution is 7.47. The van der Waals surface area contributed by atoms with Crippen LogP contribution in [0.1, 0.15) is 395 Å². The summed E-state index contributed by atoms with van der Waals surface area (Å²) in [6, 6.07) is 0. The molecule has 0 aliphatic rings. The molecule has 0 spiro atoms. The van der Waals surface area contributed by atoms with Crippen LogP contribution in [0.25, 0.3) is 0 Å². The first kappa shape index (κ1) is 93.1. The number of hydrogen-bond acceptors (Lipinski definition) is 15. The fourth-order valence-electron chi connectivity index (χ4n) is 11.6. The summed E-state index contributed by atoms with van der Waals surface area (Å²) in [5.41, 5.74) is 0. The highest BCUT2D eigenvalue weighted by atomic mass is 31.2. The number of phosphoric ester groups is 2. The van der Waals surface area contributed by atoms with Gasteiger partial charge in [0.15, 0.2) is 12.2 Å². The number of hydrogen-bond donors (Lipinski definition) is 3. The zero-order valence-electron chi connectivity index (χ0n) is 62.0. The topological polar surface area (TPSA) is 237 Å². The zero-order chi connectivity index (χ0) is 70.0. The van der Waals surface area contributed by atoms with E-state index in [1.54, 1.807) is 0 Å². The molecule has 0 bridgehead atoms. The Hall–Kier alpha value is -1.94. The number of esters is 4. The van der Waals surface area contributed by atoms with E-state index in [2.05, 4.69) is 41.5 Å². The third-order valence-corrected chi connectivity index (χ3v) is 20.0. The van der Waals surface area contributed by atoms with Gasteiger partial charge in [-0.15, -0.1) is 0 Å². The van der Waals surface area contributed by atoms with Crippen LogP contribution < -0.4 is 0 Å². The molecule has 0 fully saturated rings. The Kier molecular flexibility index (Phi) is 66.5. The van der Waals surface area contributed by atoms with Crippen LogP contribution in [0.4, 0.5) is 0 Å². The second-order valence-electron chi connectivity index (χ2n) is 28.1. The predicted molar refractivity (Wildman–Crippen MR) is 386 cm³/mol. The normalized spacial score (nSPS) is 14.3. The van der Waals surface area contributed by atoms with E-state index in [1.165, 1.54) is 212 Å². The fraction of sp³-hybridized carbons (Fsp3) is 0.947. The Morgan fingerprint density at radius 1 is 0.305 bits per heavy atom. The number of rotatable bonds is 75. The Morgan fingerprint density at radius 3 is 0.800 bits per heavy atom. The summed E-state index contributed by atoms with van der Waals surface area (Å²) in [6.07, 6.45) is 55.4. The van der Waals surface area contributed by atoms with Crippen molar-refractivity contribution in [2.75, 3.05) is 39.6 Å². The van der Waals surface area contributed by atoms with Gasteiger partial charge in [0.25, 0.3) is 0 Å². The zero-order valence-corrected chi connectivity index (χ0v) is 63.8. The average Bonchev–Trinajstić information content (AvgIpc) is 3.60. The molecule has 0 rings (SSSR count). The lowest BCUT2D eigenvalue weighted by Gasteiger charge is -2.21. The van der Waals surface area contributed by atoms with Crippen LogP contribution in [-0.2, 0) is 65.4 Å². The Morgan fingerprint density at radius 2 is 0.537 bits per heavy atom. The number of aliphatic hydroxyl groups excluding tert-OH is 1. The van der Waals surface area contributed by atoms with Crippen molar-refractivity contribution in [2.24, 2.45) is 11.8 Å². The molecule has 0 aliphatic heterocycles. The minimum atomic E-state index is -4.96. The van der Waals surface area contributed by atoms with Crippen LogP contribution in [0.5, 0.6) is 0 Å². The van der Waals surface area contributed by atoms with Crippen LogP contribution in [0.2, 0.25) is 0 Å². The van der Waals surface area contributed by atoms with Crippen molar-refractivity contribution >= 4 is 39.5 Å². The van der Waals surface area contributed by atoms with Crippen molar-refractivity contribution < 1.29 is 80.2 Å². The molecule has 0 amide bonds. The maximum absolute atomic E-state index is 13.1. The molecule has 3 N–H and O–H groups in total. The lowest BCUT2D eigenvalue weighted by Crippen LogP contribution is -2.30. The molecule has 17 nitrogen and oxygen atoms in total. The molecule has 0 radical (unpaired) electrons. The van der Waals surface area contributed by atoms with E-state index >= 15 is 0 Å². The lowest BCUT2D eigenvalue weighted by atomic mass is 9.99. The first-order chi connectivity index (χ1) is 45.9. The predicted octanol–water partition coefficient (Wildman–Crippen LogP) is 22.3. The van der Waals surface area contributed by atoms with Gasteiger partial charge in [-0.1, -0.05) is 343 Å². The van der Waals surface area contributed by atoms with Crippen molar-refractivity contribution in [3.63, 3.8) is 0 Å². The molecular formula is C76H148O17P2. The number of aliphatic hydroxyl groups is 1. The summed E-state index contributed by atoms with van der Waals surface area (Å²) in [4.78, 5) is 72.7. The van der Waals surface area contributed by atoms with Gasteiger partial charge in [-0.05, 0) is 37.5 Å². The van der Waals surface area contributed by atoms with Gasteiger partial charge in [0.1, 0.15) is 19.3 Å². The number of unbranched alkanes of at least 4 members (excludes halogenated alkanes) is 44. The van der Waals surface area contributed by atoms with Gasteiger partial charge in [-0.25, -0.2) is 9.13 Å². The van der Waals surface area contributed by atoms with Gasteiger partial charge in [-0.3, -0.25) is 37.3 Å². The standard InChI is InChI=1S/C76H148O17P2/c1-7-10-12-14-16-18-35-42-48-54-60-75(80)92-71(64-86-73(78)58-52-46-40-32-17-15-13-11-8-2)66-90-94(82,83)88-62-70(77)63-89-95(84,85)91-67-72(93-76(81)61-55-49-43-37-31-27-21-19-20-24-28-33-38-44-50-56-68(4)5)65-87-74(79)59-53-47-41-36-30-26-23-22-25-29-34-39-45-51-57-69(6)9-3/h68-72,77H,7-67H2,1-6H3,(H,82,83)(H,84,85)/t69?,70-,71+,72+/m0/s1. The smallest absolute Gasteiger partial charge is 0.462 e. The van der Waals surface area contributed by atoms with E-state index in [1.807, 2.05) is 0 Å². The van der Waals surface area contributed by atoms with Gasteiger partial charge in [0.2, 0.25) is 0 Å². The second kappa shape index (κ2) is 67.9. The largest absolute Gasteiger partial charge is 0.472 e. The van der Waals surface area contributed by atoms with Crippen LogP contribution in [-0.4, -0.2) is 96.7 Å². The van der Waals surface area contributed by atoms with Crippen molar-refractivity contribution in [1.29, 1.82) is 0 Å². The SMILES string of the molecule is CCCCCCCCCCCCC(=O)O[C@H](COC(=O)CCCCCCCCCCC)COP(=O)(O)OC[C@H](O)COP(=O)(O)OC[C@@H](COC(=O)CCCCCCCCCCCCCCCCC(C)CC)OC(=O)CCCCCCCCCCCCCCCCCC(C)C. The first-order valence-corrected chi connectivity index (χ1v) is 42.5. The number of carbonyl (C=O) groups is 4. The molecule has 0 saturated carbocycles. The molecule has 19 heteroatoms. The maximum atomic E-state index is 13.1. The van der Waals surface area contributed by atoms with Crippen molar-refractivity contribution in [3.05, 3.63) is 0 Å². The number of phosphoric acid groups is 2. The van der Waals surface area contributed by atoms with E-state index in [0.717, 1.165) is 102 Å². The Balaban J connectivity index is 5.20. The summed E-state index contributed by atoms with van der Waals surface area (Å²) >= 11 is 0. The van der Waals surface area contributed by atoms with Gasteiger partial charge in [0, 0.05) is 25.7 Å². The Bertz CT molecular complexity index is 1840. The summed E-state index contributed by atoms with van der Waals surface area (Å²) in [6.45, 7) is 9.65. The molecule has 564 valence electrons. The summed E-state index contributed by atoms with van der Waals surface area (Å²) in [7, 11) is -9.91. The number of carbonyl (C=O) groups excluding carboxylic acids is 4. The molecule has 6 atom stereocenters. The third-order valence-electron chi connectivity index (χ3n) is 18.1. The van der Waals surface area contributed by atoms with Gasteiger partial charge in [0.05, 0.1) is 26.4 Å². The molecule has 0 aromatic heterocycles. The summed E-state index contributed by atoms with van der Waals surface area (Å²) in [5.74, 6) is -0.464. The Labute approximate surface area is 581 Å². The molecule has 0 aliphatic carbocycles. The molecule has 0 aromatic carbocycles. The first-order valence-electron chi connectivity index (χ1n) is 39.5. The van der Waals surface area contributed by atoms with Gasteiger partial charge < -0.3 is 33.8 Å². The quantitative estimate of drug-likeness (QED) is 0.0222. The van der Waals surface area contributed by atoms with E-state index in [-0.39, 0.29) is 25.7 Å². The monoisotopic (exact) mass is 1400 g/mol. The van der Waals surface area contributed by atoms with E-state index in [4.69, 9.17) is 37.0 Å². The molecule has 95 heavy (non-hydrogen) atoms. The fourth-order valence-corrected chi connectivity index (χ4v) is 13.2. The lowest BCUT2D eigenvalue weighted by molar-refractivity contribution is -0.161. The summed E-state index contributed by atoms with van der Waals surface area (Å²) in [5, 5.41) is 10.6. The minimum absolute atomic E-state index is 0.107. The highest BCUT2D eigenvalue weighted by Gasteiger charge is 2.30.